The van der Waals surface area contributed by atoms with Gasteiger partial charge in [0, 0.05) is 18.3 Å². The molecule has 2 aromatic carbocycles. The Labute approximate surface area is 119 Å². The number of nitrogens with two attached hydrogens (primary N) is 1. The highest BCUT2D eigenvalue weighted by molar-refractivity contribution is 5.61. The van der Waals surface area contributed by atoms with Crippen molar-refractivity contribution < 1.29 is 9.47 Å². The lowest BCUT2D eigenvalue weighted by atomic mass is 10.2. The number of benzene rings is 2. The van der Waals surface area contributed by atoms with Crippen LogP contribution in [0.3, 0.4) is 0 Å². The minimum absolute atomic E-state index is 0.603. The van der Waals surface area contributed by atoms with Crippen LogP contribution < -0.4 is 20.5 Å². The second-order valence-electron chi connectivity index (χ2n) is 4.39. The van der Waals surface area contributed by atoms with Crippen molar-refractivity contribution in [2.75, 3.05) is 24.8 Å². The minimum atomic E-state index is 0.603. The maximum atomic E-state index is 5.85. The Balaban J connectivity index is 2.00. The largest absolute Gasteiger partial charge is 0.497 e. The van der Waals surface area contributed by atoms with E-state index in [1.807, 2.05) is 49.4 Å². The summed E-state index contributed by atoms with van der Waals surface area (Å²) in [5.41, 5.74) is 8.67. The molecule has 0 amide bonds. The van der Waals surface area contributed by atoms with E-state index in [-0.39, 0.29) is 0 Å². The first-order chi connectivity index (χ1) is 9.72. The van der Waals surface area contributed by atoms with Gasteiger partial charge in [-0.1, -0.05) is 12.1 Å². The zero-order valence-electron chi connectivity index (χ0n) is 11.8. The second-order valence-corrected chi connectivity index (χ2v) is 4.39. The lowest BCUT2D eigenvalue weighted by molar-refractivity contribution is 0.342. The molecule has 0 heterocycles. The third kappa shape index (κ3) is 3.57. The van der Waals surface area contributed by atoms with E-state index >= 15 is 0 Å². The zero-order chi connectivity index (χ0) is 14.4. The average molecular weight is 272 g/mol. The van der Waals surface area contributed by atoms with Gasteiger partial charge in [-0.05, 0) is 36.8 Å². The Morgan fingerprint density at radius 2 is 1.85 bits per heavy atom. The third-order valence-electron chi connectivity index (χ3n) is 2.97. The Morgan fingerprint density at radius 1 is 1.10 bits per heavy atom. The predicted molar refractivity (Wildman–Crippen MR) is 82.3 cm³/mol. The number of hydrogen-bond acceptors (Lipinski definition) is 4. The predicted octanol–water partition coefficient (Wildman–Crippen LogP) is 3.29. The first kappa shape index (κ1) is 14.1. The molecule has 0 saturated carbocycles. The number of nitrogens with one attached hydrogen (secondary N) is 1. The van der Waals surface area contributed by atoms with Gasteiger partial charge in [-0.3, -0.25) is 0 Å². The van der Waals surface area contributed by atoms with Gasteiger partial charge in [0.2, 0.25) is 0 Å². The summed E-state index contributed by atoms with van der Waals surface area (Å²) in [5.74, 6) is 1.58. The SMILES string of the molecule is CCOc1cc(NCc2ccc(OC)cc2)ccc1N. The number of nitrogen functional groups attached to an aromatic ring is 1. The van der Waals surface area contributed by atoms with Crippen LogP contribution in [0.4, 0.5) is 11.4 Å². The van der Waals surface area contributed by atoms with Crippen LogP contribution in [-0.2, 0) is 6.54 Å². The van der Waals surface area contributed by atoms with E-state index in [2.05, 4.69) is 5.32 Å². The van der Waals surface area contributed by atoms with Gasteiger partial charge < -0.3 is 20.5 Å². The molecule has 0 aliphatic carbocycles. The molecule has 2 aromatic rings. The van der Waals surface area contributed by atoms with E-state index in [4.69, 9.17) is 15.2 Å². The van der Waals surface area contributed by atoms with Gasteiger partial charge in [0.1, 0.15) is 11.5 Å². The maximum absolute atomic E-state index is 5.85. The molecular formula is C16H20N2O2. The maximum Gasteiger partial charge on any atom is 0.144 e. The standard InChI is InChI=1S/C16H20N2O2/c1-3-20-16-10-13(6-9-15(16)17)18-11-12-4-7-14(19-2)8-5-12/h4-10,18H,3,11,17H2,1-2H3. The Morgan fingerprint density at radius 3 is 2.50 bits per heavy atom. The van der Waals surface area contributed by atoms with Crippen molar-refractivity contribution in [1.82, 2.24) is 0 Å². The van der Waals surface area contributed by atoms with Crippen LogP contribution in [0, 0.1) is 0 Å². The molecule has 20 heavy (non-hydrogen) atoms. The van der Waals surface area contributed by atoms with E-state index in [0.29, 0.717) is 18.0 Å². The van der Waals surface area contributed by atoms with Crippen LogP contribution in [-0.4, -0.2) is 13.7 Å². The van der Waals surface area contributed by atoms with Crippen molar-refractivity contribution in [3.8, 4) is 11.5 Å². The smallest absolute Gasteiger partial charge is 0.144 e. The number of anilines is 2. The van der Waals surface area contributed by atoms with Gasteiger partial charge in [-0.25, -0.2) is 0 Å². The summed E-state index contributed by atoms with van der Waals surface area (Å²) in [6.45, 7) is 3.28. The number of methoxy groups -OCH3 is 1. The van der Waals surface area contributed by atoms with Gasteiger partial charge in [0.15, 0.2) is 0 Å². The first-order valence-electron chi connectivity index (χ1n) is 6.62. The molecule has 0 saturated heterocycles. The van der Waals surface area contributed by atoms with Crippen molar-refractivity contribution in [2.24, 2.45) is 0 Å². The number of hydrogen-bond donors (Lipinski definition) is 2. The van der Waals surface area contributed by atoms with Gasteiger partial charge >= 0.3 is 0 Å². The van der Waals surface area contributed by atoms with E-state index in [1.165, 1.54) is 5.56 Å². The fraction of sp³-hybridized carbons (Fsp3) is 0.250. The Bertz CT molecular complexity index is 553. The van der Waals surface area contributed by atoms with Crippen LogP contribution in [0.2, 0.25) is 0 Å². The van der Waals surface area contributed by atoms with E-state index in [1.54, 1.807) is 7.11 Å². The molecule has 0 bridgehead atoms. The molecule has 0 unspecified atom stereocenters. The van der Waals surface area contributed by atoms with Crippen molar-refractivity contribution in [1.29, 1.82) is 0 Å². The summed E-state index contributed by atoms with van der Waals surface area (Å²) in [4.78, 5) is 0. The molecular weight excluding hydrogens is 252 g/mol. The molecule has 0 aliphatic rings. The van der Waals surface area contributed by atoms with Crippen molar-refractivity contribution in [2.45, 2.75) is 13.5 Å². The molecule has 0 radical (unpaired) electrons. The molecule has 4 nitrogen and oxygen atoms in total. The topological polar surface area (TPSA) is 56.5 Å². The van der Waals surface area contributed by atoms with E-state index < -0.39 is 0 Å². The van der Waals surface area contributed by atoms with Crippen LogP contribution in [0.1, 0.15) is 12.5 Å². The van der Waals surface area contributed by atoms with Crippen molar-refractivity contribution in [3.63, 3.8) is 0 Å². The van der Waals surface area contributed by atoms with Crippen molar-refractivity contribution >= 4 is 11.4 Å². The fourth-order valence-corrected chi connectivity index (χ4v) is 1.87. The highest BCUT2D eigenvalue weighted by atomic mass is 16.5. The van der Waals surface area contributed by atoms with Gasteiger partial charge in [-0.15, -0.1) is 0 Å². The van der Waals surface area contributed by atoms with Gasteiger partial charge in [0.25, 0.3) is 0 Å². The summed E-state index contributed by atoms with van der Waals surface area (Å²) in [5, 5.41) is 3.35. The number of rotatable bonds is 6. The normalized spacial score (nSPS) is 10.1. The molecule has 0 atom stereocenters. The van der Waals surface area contributed by atoms with Crippen LogP contribution in [0.5, 0.6) is 11.5 Å². The van der Waals surface area contributed by atoms with Gasteiger partial charge in [0.05, 0.1) is 19.4 Å². The Kier molecular flexibility index (Phi) is 4.71. The summed E-state index contributed by atoms with van der Waals surface area (Å²) in [7, 11) is 1.66. The Hall–Kier alpha value is -2.36. The van der Waals surface area contributed by atoms with Crippen LogP contribution >= 0.6 is 0 Å². The highest BCUT2D eigenvalue weighted by Crippen LogP contribution is 2.25. The highest BCUT2D eigenvalue weighted by Gasteiger charge is 2.02. The fourth-order valence-electron chi connectivity index (χ4n) is 1.87. The minimum Gasteiger partial charge on any atom is -0.497 e. The van der Waals surface area contributed by atoms with Crippen molar-refractivity contribution in [3.05, 3.63) is 48.0 Å². The quantitative estimate of drug-likeness (QED) is 0.792. The zero-order valence-corrected chi connectivity index (χ0v) is 11.8. The van der Waals surface area contributed by atoms with Crippen LogP contribution in [0.25, 0.3) is 0 Å². The summed E-state index contributed by atoms with van der Waals surface area (Å²) < 4.78 is 10.6. The third-order valence-corrected chi connectivity index (χ3v) is 2.97. The lowest BCUT2D eigenvalue weighted by Gasteiger charge is -2.11. The lowest BCUT2D eigenvalue weighted by Crippen LogP contribution is -2.02. The second kappa shape index (κ2) is 6.70. The molecule has 0 aliphatic heterocycles. The average Bonchev–Trinajstić information content (AvgIpc) is 2.49. The first-order valence-corrected chi connectivity index (χ1v) is 6.62. The molecule has 0 spiro atoms. The summed E-state index contributed by atoms with van der Waals surface area (Å²) in [6, 6.07) is 13.7. The van der Waals surface area contributed by atoms with Crippen LogP contribution in [0.15, 0.2) is 42.5 Å². The van der Waals surface area contributed by atoms with E-state index in [9.17, 15) is 0 Å². The molecule has 0 fully saturated rings. The summed E-state index contributed by atoms with van der Waals surface area (Å²) >= 11 is 0. The molecule has 2 rings (SSSR count). The van der Waals surface area contributed by atoms with Gasteiger partial charge in [-0.2, -0.15) is 0 Å². The molecule has 3 N–H and O–H groups in total. The monoisotopic (exact) mass is 272 g/mol. The molecule has 106 valence electrons. The number of ether oxygens (including phenoxy) is 2. The molecule has 4 heteroatoms. The summed E-state index contributed by atoms with van der Waals surface area (Å²) in [6.07, 6.45) is 0. The van der Waals surface area contributed by atoms with E-state index in [0.717, 1.165) is 18.0 Å². The molecule has 0 aromatic heterocycles.